The highest BCUT2D eigenvalue weighted by Gasteiger charge is 2.02. The van der Waals surface area contributed by atoms with Gasteiger partial charge in [0.15, 0.2) is 0 Å². The van der Waals surface area contributed by atoms with E-state index in [0.717, 1.165) is 16.9 Å². The smallest absolute Gasteiger partial charge is 0.271 e. The highest BCUT2D eigenvalue weighted by Crippen LogP contribution is 2.15. The third-order valence-corrected chi connectivity index (χ3v) is 3.77. The minimum atomic E-state index is -0.286. The minimum absolute atomic E-state index is 0.286. The Balaban J connectivity index is 1.51. The van der Waals surface area contributed by atoms with Gasteiger partial charge in [0, 0.05) is 23.0 Å². The monoisotopic (exact) mass is 365 g/mol. The molecule has 6 heteroatoms. The van der Waals surface area contributed by atoms with Crippen LogP contribution in [0.5, 0.6) is 5.75 Å². The number of nitrogens with one attached hydrogen (secondary N) is 1. The van der Waals surface area contributed by atoms with Crippen LogP contribution < -0.4 is 10.2 Å². The lowest BCUT2D eigenvalue weighted by atomic mass is 10.2. The molecule has 2 aromatic carbocycles. The van der Waals surface area contributed by atoms with Gasteiger partial charge < -0.3 is 4.74 Å². The largest absolute Gasteiger partial charge is 0.489 e. The number of benzene rings is 2. The molecular formula is C20H16ClN3O2. The fraction of sp³-hybridized carbons (Fsp3) is 0.0500. The Morgan fingerprint density at radius 2 is 1.73 bits per heavy atom. The summed E-state index contributed by atoms with van der Waals surface area (Å²) in [5, 5.41) is 4.65. The first-order valence-corrected chi connectivity index (χ1v) is 8.29. The molecule has 0 unspecified atom stereocenters. The van der Waals surface area contributed by atoms with Crippen LogP contribution in [-0.2, 0) is 6.61 Å². The Hall–Kier alpha value is -3.18. The molecule has 1 N–H and O–H groups in total. The van der Waals surface area contributed by atoms with Crippen LogP contribution in [0.1, 0.15) is 21.5 Å². The molecule has 0 aliphatic carbocycles. The van der Waals surface area contributed by atoms with Crippen molar-refractivity contribution in [3.8, 4) is 5.75 Å². The highest BCUT2D eigenvalue weighted by atomic mass is 35.5. The van der Waals surface area contributed by atoms with Crippen LogP contribution in [0.25, 0.3) is 0 Å². The lowest BCUT2D eigenvalue weighted by Crippen LogP contribution is -2.17. The summed E-state index contributed by atoms with van der Waals surface area (Å²) in [4.78, 5) is 15.7. The van der Waals surface area contributed by atoms with E-state index in [4.69, 9.17) is 16.3 Å². The van der Waals surface area contributed by atoms with Crippen LogP contribution in [0, 0.1) is 0 Å². The van der Waals surface area contributed by atoms with Crippen LogP contribution in [-0.4, -0.2) is 17.1 Å². The lowest BCUT2D eigenvalue weighted by molar-refractivity contribution is 0.0955. The van der Waals surface area contributed by atoms with E-state index in [2.05, 4.69) is 15.5 Å². The lowest BCUT2D eigenvalue weighted by Gasteiger charge is -2.06. The van der Waals surface area contributed by atoms with Crippen molar-refractivity contribution >= 4 is 23.7 Å². The van der Waals surface area contributed by atoms with Crippen LogP contribution in [0.15, 0.2) is 78.2 Å². The van der Waals surface area contributed by atoms with Gasteiger partial charge in [-0.1, -0.05) is 23.7 Å². The molecule has 0 saturated heterocycles. The first-order valence-electron chi connectivity index (χ1n) is 7.91. The number of hydrogen-bond acceptors (Lipinski definition) is 4. The van der Waals surface area contributed by atoms with E-state index >= 15 is 0 Å². The third kappa shape index (κ3) is 5.16. The molecule has 1 aromatic heterocycles. The van der Waals surface area contributed by atoms with Gasteiger partial charge in [0.05, 0.1) is 6.21 Å². The van der Waals surface area contributed by atoms with Gasteiger partial charge in [0.1, 0.15) is 12.4 Å². The fourth-order valence-electron chi connectivity index (χ4n) is 2.13. The molecule has 1 heterocycles. The zero-order chi connectivity index (χ0) is 18.2. The summed E-state index contributed by atoms with van der Waals surface area (Å²) in [6.07, 6.45) is 4.69. The molecule has 5 nitrogen and oxygen atoms in total. The van der Waals surface area contributed by atoms with Crippen LogP contribution in [0.4, 0.5) is 0 Å². The van der Waals surface area contributed by atoms with Crippen molar-refractivity contribution in [1.82, 2.24) is 10.4 Å². The van der Waals surface area contributed by atoms with Crippen molar-refractivity contribution in [2.75, 3.05) is 0 Å². The van der Waals surface area contributed by atoms with Crippen molar-refractivity contribution in [2.24, 2.45) is 5.10 Å². The first-order chi connectivity index (χ1) is 12.7. The van der Waals surface area contributed by atoms with Crippen molar-refractivity contribution < 1.29 is 9.53 Å². The van der Waals surface area contributed by atoms with Gasteiger partial charge in [-0.05, 0) is 59.7 Å². The summed E-state index contributed by atoms with van der Waals surface area (Å²) in [5.74, 6) is 0.462. The number of pyridine rings is 1. The van der Waals surface area contributed by atoms with Gasteiger partial charge in [-0.25, -0.2) is 5.43 Å². The van der Waals surface area contributed by atoms with Crippen LogP contribution in [0.3, 0.4) is 0 Å². The van der Waals surface area contributed by atoms with Gasteiger partial charge in [0.25, 0.3) is 5.91 Å². The van der Waals surface area contributed by atoms with Crippen LogP contribution in [0.2, 0.25) is 5.02 Å². The number of carbonyl (C=O) groups excluding carboxylic acids is 1. The number of aromatic nitrogens is 1. The Kier molecular flexibility index (Phi) is 5.96. The average Bonchev–Trinajstić information content (AvgIpc) is 2.69. The van der Waals surface area contributed by atoms with E-state index in [9.17, 15) is 4.79 Å². The first kappa shape index (κ1) is 17.6. The van der Waals surface area contributed by atoms with Crippen molar-refractivity contribution in [3.05, 3.63) is 94.8 Å². The molecule has 0 aliphatic rings. The second-order valence-corrected chi connectivity index (χ2v) is 5.86. The molecule has 0 fully saturated rings. The number of amides is 1. The van der Waals surface area contributed by atoms with E-state index in [0.29, 0.717) is 17.2 Å². The van der Waals surface area contributed by atoms with E-state index in [1.807, 2.05) is 48.5 Å². The molecule has 3 rings (SSSR count). The van der Waals surface area contributed by atoms with Gasteiger partial charge in [0.2, 0.25) is 0 Å². The number of rotatable bonds is 6. The minimum Gasteiger partial charge on any atom is -0.489 e. The van der Waals surface area contributed by atoms with Gasteiger partial charge >= 0.3 is 0 Å². The molecule has 0 radical (unpaired) electrons. The van der Waals surface area contributed by atoms with Crippen LogP contribution >= 0.6 is 11.6 Å². The summed E-state index contributed by atoms with van der Waals surface area (Å²) in [6.45, 7) is 0.465. The Bertz CT molecular complexity index is 879. The number of carbonyl (C=O) groups is 1. The number of hydrogen-bond donors (Lipinski definition) is 1. The Labute approximate surface area is 156 Å². The topological polar surface area (TPSA) is 63.6 Å². The molecular weight excluding hydrogens is 350 g/mol. The van der Waals surface area contributed by atoms with Gasteiger partial charge in [-0.2, -0.15) is 5.10 Å². The normalized spacial score (nSPS) is 10.7. The maximum atomic E-state index is 11.8. The molecule has 0 aliphatic heterocycles. The average molecular weight is 366 g/mol. The molecule has 0 bridgehead atoms. The number of halogens is 1. The molecule has 3 aromatic rings. The van der Waals surface area contributed by atoms with Gasteiger partial charge in [-0.15, -0.1) is 0 Å². The zero-order valence-electron chi connectivity index (χ0n) is 13.8. The number of hydrazone groups is 1. The summed E-state index contributed by atoms with van der Waals surface area (Å²) in [5.41, 5.74) is 4.86. The molecule has 1 amide bonds. The summed E-state index contributed by atoms with van der Waals surface area (Å²) >= 11 is 5.86. The fourth-order valence-corrected chi connectivity index (χ4v) is 2.26. The number of ether oxygens (including phenoxy) is 1. The predicted molar refractivity (Wildman–Crippen MR) is 102 cm³/mol. The Morgan fingerprint density at radius 1 is 1.04 bits per heavy atom. The molecule has 26 heavy (non-hydrogen) atoms. The number of nitrogens with zero attached hydrogens (tertiary/aromatic N) is 2. The summed E-state index contributed by atoms with van der Waals surface area (Å²) in [7, 11) is 0. The van der Waals surface area contributed by atoms with E-state index in [1.165, 1.54) is 0 Å². The highest BCUT2D eigenvalue weighted by molar-refractivity contribution is 6.30. The molecule has 130 valence electrons. The van der Waals surface area contributed by atoms with Gasteiger partial charge in [-0.3, -0.25) is 9.78 Å². The predicted octanol–water partition coefficient (Wildman–Crippen LogP) is 4.08. The maximum Gasteiger partial charge on any atom is 0.271 e. The zero-order valence-corrected chi connectivity index (χ0v) is 14.6. The molecule has 0 saturated carbocycles. The standard InChI is InChI=1S/C20H16ClN3O2/c21-18-5-1-16(2-6-18)14-26-19-7-3-15(4-8-19)13-23-24-20(25)17-9-11-22-12-10-17/h1-13H,14H2,(H,24,25). The third-order valence-electron chi connectivity index (χ3n) is 3.52. The van der Waals surface area contributed by atoms with E-state index < -0.39 is 0 Å². The summed E-state index contributed by atoms with van der Waals surface area (Å²) in [6, 6.07) is 18.2. The SMILES string of the molecule is O=C(NN=Cc1ccc(OCc2ccc(Cl)cc2)cc1)c1ccncc1. The quantitative estimate of drug-likeness (QED) is 0.529. The van der Waals surface area contributed by atoms with E-state index in [-0.39, 0.29) is 5.91 Å². The second kappa shape index (κ2) is 8.78. The van der Waals surface area contributed by atoms with Crippen molar-refractivity contribution in [2.45, 2.75) is 6.61 Å². The maximum absolute atomic E-state index is 11.8. The van der Waals surface area contributed by atoms with Crippen molar-refractivity contribution in [3.63, 3.8) is 0 Å². The molecule has 0 spiro atoms. The molecule has 0 atom stereocenters. The van der Waals surface area contributed by atoms with Crippen molar-refractivity contribution in [1.29, 1.82) is 0 Å². The van der Waals surface area contributed by atoms with E-state index in [1.54, 1.807) is 30.7 Å². The Morgan fingerprint density at radius 3 is 2.42 bits per heavy atom. The summed E-state index contributed by atoms with van der Waals surface area (Å²) < 4.78 is 5.72. The second-order valence-electron chi connectivity index (χ2n) is 5.42.